The lowest BCUT2D eigenvalue weighted by molar-refractivity contribution is 0.824. The fourth-order valence-corrected chi connectivity index (χ4v) is 2.70. The molecule has 3 rings (SSSR count). The predicted molar refractivity (Wildman–Crippen MR) is 77.7 cm³/mol. The number of halogens is 2. The molecule has 0 spiro atoms. The summed E-state index contributed by atoms with van der Waals surface area (Å²) < 4.78 is 0. The minimum atomic E-state index is 0.315. The minimum absolute atomic E-state index is 0.315. The maximum Gasteiger partial charge on any atom is 0.0613 e. The van der Waals surface area contributed by atoms with Crippen molar-refractivity contribution in [2.45, 2.75) is 19.4 Å². The molecule has 1 nitrogen and oxygen atoms in total. The van der Waals surface area contributed by atoms with Crippen LogP contribution in [0.2, 0.25) is 10.0 Å². The number of rotatable bonds is 1. The lowest BCUT2D eigenvalue weighted by Gasteiger charge is -2.11. The number of fused-ring (bicyclic) bond motifs is 1. The Balaban J connectivity index is 1.91. The summed E-state index contributed by atoms with van der Waals surface area (Å²) in [5, 5.41) is 4.73. The van der Waals surface area contributed by atoms with E-state index in [4.69, 9.17) is 23.2 Å². The molecule has 1 aliphatic heterocycles. The minimum Gasteiger partial charge on any atom is -0.378 e. The van der Waals surface area contributed by atoms with E-state index in [1.54, 1.807) is 0 Å². The monoisotopic (exact) mass is 277 g/mol. The van der Waals surface area contributed by atoms with Crippen molar-refractivity contribution in [2.75, 3.05) is 5.32 Å². The van der Waals surface area contributed by atoms with Crippen LogP contribution in [0.25, 0.3) is 0 Å². The number of benzene rings is 2. The maximum absolute atomic E-state index is 6.05. The van der Waals surface area contributed by atoms with Gasteiger partial charge in [-0.2, -0.15) is 0 Å². The van der Waals surface area contributed by atoms with Gasteiger partial charge in [-0.1, -0.05) is 53.0 Å². The second kappa shape index (κ2) is 4.49. The van der Waals surface area contributed by atoms with E-state index in [1.165, 1.54) is 16.7 Å². The first-order valence-corrected chi connectivity index (χ1v) is 6.70. The normalized spacial score (nSPS) is 17.4. The van der Waals surface area contributed by atoms with Crippen molar-refractivity contribution in [2.24, 2.45) is 0 Å². The van der Waals surface area contributed by atoms with Gasteiger partial charge in [-0.15, -0.1) is 0 Å². The van der Waals surface area contributed by atoms with Gasteiger partial charge in [-0.25, -0.2) is 0 Å². The van der Waals surface area contributed by atoms with E-state index >= 15 is 0 Å². The van der Waals surface area contributed by atoms with Gasteiger partial charge in [0, 0.05) is 5.69 Å². The van der Waals surface area contributed by atoms with Crippen LogP contribution in [0.3, 0.4) is 0 Å². The molecule has 0 saturated carbocycles. The quantitative estimate of drug-likeness (QED) is 0.773. The fourth-order valence-electron chi connectivity index (χ4n) is 2.35. The highest BCUT2D eigenvalue weighted by Crippen LogP contribution is 2.38. The Morgan fingerprint density at radius 2 is 1.72 bits per heavy atom. The number of hydrogen-bond donors (Lipinski definition) is 1. The largest absolute Gasteiger partial charge is 0.378 e. The van der Waals surface area contributed by atoms with Crippen molar-refractivity contribution < 1.29 is 0 Å². The van der Waals surface area contributed by atoms with Gasteiger partial charge >= 0.3 is 0 Å². The SMILES string of the molecule is Cc1ccc(C2Cc3cc(Cl)c(Cl)cc3N2)cc1. The average molecular weight is 278 g/mol. The lowest BCUT2D eigenvalue weighted by atomic mass is 10.0. The highest BCUT2D eigenvalue weighted by molar-refractivity contribution is 6.42. The van der Waals surface area contributed by atoms with E-state index in [9.17, 15) is 0 Å². The predicted octanol–water partition coefficient (Wildman–Crippen LogP) is 5.01. The molecule has 0 radical (unpaired) electrons. The van der Waals surface area contributed by atoms with Crippen LogP contribution in [0.1, 0.15) is 22.7 Å². The zero-order chi connectivity index (χ0) is 12.7. The number of aryl methyl sites for hydroxylation is 1. The van der Waals surface area contributed by atoms with Crippen LogP contribution in [0, 0.1) is 6.92 Å². The van der Waals surface area contributed by atoms with Gasteiger partial charge < -0.3 is 5.32 Å². The van der Waals surface area contributed by atoms with Crippen molar-refractivity contribution in [3.05, 3.63) is 63.1 Å². The molecular formula is C15H13Cl2N. The zero-order valence-electron chi connectivity index (χ0n) is 10.0. The zero-order valence-corrected chi connectivity index (χ0v) is 11.5. The standard InChI is InChI=1S/C15H13Cl2N/c1-9-2-4-10(5-3-9)14-7-11-6-12(16)13(17)8-15(11)18-14/h2-6,8,14,18H,7H2,1H3. The number of anilines is 1. The summed E-state index contributed by atoms with van der Waals surface area (Å²) in [6.07, 6.45) is 0.954. The van der Waals surface area contributed by atoms with Crippen molar-refractivity contribution in [3.63, 3.8) is 0 Å². The lowest BCUT2D eigenvalue weighted by Crippen LogP contribution is -2.05. The Morgan fingerprint density at radius 1 is 1.06 bits per heavy atom. The van der Waals surface area contributed by atoms with E-state index in [0.29, 0.717) is 16.1 Å². The summed E-state index contributed by atoms with van der Waals surface area (Å²) in [5.41, 5.74) is 4.90. The summed E-state index contributed by atoms with van der Waals surface area (Å²) in [5.74, 6) is 0. The van der Waals surface area contributed by atoms with Crippen LogP contribution in [-0.4, -0.2) is 0 Å². The molecule has 0 aliphatic carbocycles. The molecule has 3 heteroatoms. The molecule has 2 aromatic carbocycles. The Labute approximate surface area is 117 Å². The molecule has 1 unspecified atom stereocenters. The first-order chi connectivity index (χ1) is 8.63. The van der Waals surface area contributed by atoms with Gasteiger partial charge in [-0.05, 0) is 36.6 Å². The third-order valence-corrected chi connectivity index (χ3v) is 4.10. The van der Waals surface area contributed by atoms with Crippen molar-refractivity contribution in [1.82, 2.24) is 0 Å². The van der Waals surface area contributed by atoms with Crippen LogP contribution >= 0.6 is 23.2 Å². The molecule has 0 fully saturated rings. The Bertz CT molecular complexity index is 559. The van der Waals surface area contributed by atoms with Gasteiger partial charge in [0.25, 0.3) is 0 Å². The molecule has 1 N–H and O–H groups in total. The highest BCUT2D eigenvalue weighted by Gasteiger charge is 2.22. The van der Waals surface area contributed by atoms with Crippen LogP contribution in [0.4, 0.5) is 5.69 Å². The molecule has 0 amide bonds. The second-order valence-corrected chi connectivity index (χ2v) is 5.55. The van der Waals surface area contributed by atoms with Crippen LogP contribution in [0.15, 0.2) is 36.4 Å². The third kappa shape index (κ3) is 2.09. The summed E-state index contributed by atoms with van der Waals surface area (Å²) in [6.45, 7) is 2.10. The van der Waals surface area contributed by atoms with Crippen molar-refractivity contribution >= 4 is 28.9 Å². The molecule has 92 valence electrons. The first-order valence-electron chi connectivity index (χ1n) is 5.94. The molecule has 0 bridgehead atoms. The van der Waals surface area contributed by atoms with Gasteiger partial charge in [0.05, 0.1) is 16.1 Å². The van der Waals surface area contributed by atoms with E-state index in [-0.39, 0.29) is 0 Å². The molecule has 1 atom stereocenters. The number of hydrogen-bond acceptors (Lipinski definition) is 1. The smallest absolute Gasteiger partial charge is 0.0613 e. The van der Waals surface area contributed by atoms with Crippen LogP contribution in [-0.2, 0) is 6.42 Å². The average Bonchev–Trinajstić information content (AvgIpc) is 2.73. The van der Waals surface area contributed by atoms with Gasteiger partial charge in [0.1, 0.15) is 0 Å². The van der Waals surface area contributed by atoms with E-state index < -0.39 is 0 Å². The molecule has 0 aromatic heterocycles. The second-order valence-electron chi connectivity index (χ2n) is 4.74. The number of nitrogens with one attached hydrogen (secondary N) is 1. The van der Waals surface area contributed by atoms with Crippen molar-refractivity contribution in [3.8, 4) is 0 Å². The molecular weight excluding hydrogens is 265 g/mol. The van der Waals surface area contributed by atoms with Gasteiger partial charge in [0.2, 0.25) is 0 Å². The third-order valence-electron chi connectivity index (χ3n) is 3.38. The summed E-state index contributed by atoms with van der Waals surface area (Å²) >= 11 is 12.1. The maximum atomic E-state index is 6.05. The van der Waals surface area contributed by atoms with Crippen LogP contribution in [0.5, 0.6) is 0 Å². The van der Waals surface area contributed by atoms with E-state index in [0.717, 1.165) is 12.1 Å². The Hall–Kier alpha value is -1.18. The van der Waals surface area contributed by atoms with Crippen molar-refractivity contribution in [1.29, 1.82) is 0 Å². The van der Waals surface area contributed by atoms with Gasteiger partial charge in [0.15, 0.2) is 0 Å². The van der Waals surface area contributed by atoms with Crippen LogP contribution < -0.4 is 5.32 Å². The first kappa shape index (κ1) is 11.9. The topological polar surface area (TPSA) is 12.0 Å². The molecule has 1 heterocycles. The molecule has 18 heavy (non-hydrogen) atoms. The highest BCUT2D eigenvalue weighted by atomic mass is 35.5. The molecule has 1 aliphatic rings. The molecule has 2 aromatic rings. The van der Waals surface area contributed by atoms with E-state index in [2.05, 4.69) is 36.5 Å². The summed E-state index contributed by atoms with van der Waals surface area (Å²) in [7, 11) is 0. The van der Waals surface area contributed by atoms with E-state index in [1.807, 2.05) is 12.1 Å². The Kier molecular flexibility index (Phi) is 2.96. The molecule has 0 saturated heterocycles. The Morgan fingerprint density at radius 3 is 2.44 bits per heavy atom. The fraction of sp³-hybridized carbons (Fsp3) is 0.200. The van der Waals surface area contributed by atoms with Gasteiger partial charge in [-0.3, -0.25) is 0 Å². The summed E-state index contributed by atoms with van der Waals surface area (Å²) in [6, 6.07) is 12.8. The summed E-state index contributed by atoms with van der Waals surface area (Å²) in [4.78, 5) is 0.